The molecule has 2 N–H and O–H groups in total. The SMILES string of the molecule is CC[C@@H](C)[C@H](S)C(=O)N[C@@H](Cc1ccc(OCc2ccc(F)c(F)c2)cc1)C(=O)O. The van der Waals surface area contributed by atoms with Gasteiger partial charge in [0.1, 0.15) is 18.4 Å². The first-order chi connectivity index (χ1) is 14.2. The first-order valence-corrected chi connectivity index (χ1v) is 10.1. The smallest absolute Gasteiger partial charge is 0.326 e. The largest absolute Gasteiger partial charge is 0.489 e. The van der Waals surface area contributed by atoms with E-state index in [2.05, 4.69) is 17.9 Å². The van der Waals surface area contributed by atoms with E-state index in [4.69, 9.17) is 4.74 Å². The van der Waals surface area contributed by atoms with Gasteiger partial charge in [-0.2, -0.15) is 12.6 Å². The predicted molar refractivity (Wildman–Crippen MR) is 113 cm³/mol. The van der Waals surface area contributed by atoms with Gasteiger partial charge in [0.05, 0.1) is 5.25 Å². The monoisotopic (exact) mass is 437 g/mol. The van der Waals surface area contributed by atoms with Crippen LogP contribution < -0.4 is 10.1 Å². The summed E-state index contributed by atoms with van der Waals surface area (Å²) in [5.74, 6) is -2.89. The number of carboxylic acids is 1. The van der Waals surface area contributed by atoms with Crippen molar-refractivity contribution in [2.24, 2.45) is 5.92 Å². The molecule has 0 aromatic heterocycles. The van der Waals surface area contributed by atoms with Crippen LogP contribution in [-0.2, 0) is 22.6 Å². The normalized spacial score (nSPS) is 13.9. The fourth-order valence-electron chi connectivity index (χ4n) is 2.69. The number of nitrogens with one attached hydrogen (secondary N) is 1. The highest BCUT2D eigenvalue weighted by molar-refractivity contribution is 7.81. The second kappa shape index (κ2) is 11.0. The number of benzene rings is 2. The highest BCUT2D eigenvalue weighted by Gasteiger charge is 2.26. The molecule has 5 nitrogen and oxygen atoms in total. The highest BCUT2D eigenvalue weighted by Crippen LogP contribution is 2.18. The van der Waals surface area contributed by atoms with E-state index in [1.165, 1.54) is 6.07 Å². The van der Waals surface area contributed by atoms with E-state index in [1.807, 2.05) is 13.8 Å². The van der Waals surface area contributed by atoms with Gasteiger partial charge in [-0.1, -0.05) is 38.5 Å². The van der Waals surface area contributed by atoms with Gasteiger partial charge in [0.25, 0.3) is 0 Å². The van der Waals surface area contributed by atoms with Gasteiger partial charge in [0.15, 0.2) is 11.6 Å². The van der Waals surface area contributed by atoms with Gasteiger partial charge >= 0.3 is 5.97 Å². The molecule has 0 saturated heterocycles. The summed E-state index contributed by atoms with van der Waals surface area (Å²) in [6, 6.07) is 9.13. The maximum Gasteiger partial charge on any atom is 0.326 e. The van der Waals surface area contributed by atoms with E-state index in [-0.39, 0.29) is 18.9 Å². The van der Waals surface area contributed by atoms with Crippen LogP contribution in [0.15, 0.2) is 42.5 Å². The maximum absolute atomic E-state index is 13.2. The second-order valence-electron chi connectivity index (χ2n) is 7.11. The topological polar surface area (TPSA) is 75.6 Å². The van der Waals surface area contributed by atoms with Crippen molar-refractivity contribution in [3.05, 3.63) is 65.2 Å². The van der Waals surface area contributed by atoms with Crippen molar-refractivity contribution in [3.63, 3.8) is 0 Å². The zero-order valence-electron chi connectivity index (χ0n) is 16.8. The standard InChI is InChI=1S/C22H25F2NO4S/c1-3-13(2)20(30)21(26)25-19(22(27)28)11-14-4-7-16(8-5-14)29-12-15-6-9-17(23)18(24)10-15/h4-10,13,19-20,30H,3,11-12H2,1-2H3,(H,25,26)(H,27,28)/t13-,19+,20+/m1/s1. The molecule has 162 valence electrons. The fraction of sp³-hybridized carbons (Fsp3) is 0.364. The summed E-state index contributed by atoms with van der Waals surface area (Å²) in [6.07, 6.45) is 0.858. The number of thiol groups is 1. The van der Waals surface area contributed by atoms with E-state index >= 15 is 0 Å². The highest BCUT2D eigenvalue weighted by atomic mass is 32.1. The van der Waals surface area contributed by atoms with Crippen molar-refractivity contribution in [2.45, 2.75) is 44.6 Å². The number of carbonyl (C=O) groups is 2. The van der Waals surface area contributed by atoms with E-state index in [0.29, 0.717) is 16.9 Å². The molecule has 2 rings (SSSR count). The Morgan fingerprint density at radius 2 is 1.73 bits per heavy atom. The third kappa shape index (κ3) is 6.73. The van der Waals surface area contributed by atoms with Crippen LogP contribution in [0.2, 0.25) is 0 Å². The van der Waals surface area contributed by atoms with Crippen molar-refractivity contribution in [1.29, 1.82) is 0 Å². The van der Waals surface area contributed by atoms with E-state index in [1.54, 1.807) is 24.3 Å². The molecular weight excluding hydrogens is 412 g/mol. The number of halogens is 2. The van der Waals surface area contributed by atoms with E-state index in [9.17, 15) is 23.5 Å². The van der Waals surface area contributed by atoms with Crippen LogP contribution in [0.4, 0.5) is 8.78 Å². The number of rotatable bonds is 10. The van der Waals surface area contributed by atoms with Gasteiger partial charge in [0.2, 0.25) is 5.91 Å². The molecule has 0 heterocycles. The number of ether oxygens (including phenoxy) is 1. The Morgan fingerprint density at radius 1 is 1.10 bits per heavy atom. The summed E-state index contributed by atoms with van der Waals surface area (Å²) < 4.78 is 31.7. The molecule has 0 aliphatic carbocycles. The molecule has 0 radical (unpaired) electrons. The molecule has 0 aliphatic rings. The lowest BCUT2D eigenvalue weighted by Crippen LogP contribution is -2.46. The van der Waals surface area contributed by atoms with Crippen LogP contribution in [0.5, 0.6) is 5.75 Å². The van der Waals surface area contributed by atoms with Crippen molar-refractivity contribution in [2.75, 3.05) is 0 Å². The maximum atomic E-state index is 13.2. The minimum atomic E-state index is -1.13. The molecule has 0 spiro atoms. The molecule has 0 bridgehead atoms. The Balaban J connectivity index is 1.95. The average Bonchev–Trinajstić information content (AvgIpc) is 2.73. The van der Waals surface area contributed by atoms with Crippen LogP contribution in [0.25, 0.3) is 0 Å². The van der Waals surface area contributed by atoms with Crippen LogP contribution >= 0.6 is 12.6 Å². The molecule has 8 heteroatoms. The minimum absolute atomic E-state index is 0.0220. The first-order valence-electron chi connectivity index (χ1n) is 9.58. The summed E-state index contributed by atoms with van der Waals surface area (Å²) in [6.45, 7) is 3.88. The zero-order chi connectivity index (χ0) is 22.3. The average molecular weight is 438 g/mol. The summed E-state index contributed by atoms with van der Waals surface area (Å²) in [7, 11) is 0. The summed E-state index contributed by atoms with van der Waals surface area (Å²) in [5.41, 5.74) is 1.18. The molecule has 1 amide bonds. The van der Waals surface area contributed by atoms with Gasteiger partial charge in [-0.15, -0.1) is 0 Å². The van der Waals surface area contributed by atoms with E-state index < -0.39 is 34.8 Å². The molecule has 3 atom stereocenters. The van der Waals surface area contributed by atoms with Crippen LogP contribution in [-0.4, -0.2) is 28.3 Å². The van der Waals surface area contributed by atoms with Crippen molar-refractivity contribution < 1.29 is 28.2 Å². The lowest BCUT2D eigenvalue weighted by Gasteiger charge is -2.21. The Kier molecular flexibility index (Phi) is 8.65. The molecule has 2 aromatic carbocycles. The number of hydrogen-bond donors (Lipinski definition) is 3. The number of amides is 1. The van der Waals surface area contributed by atoms with Crippen LogP contribution in [0.3, 0.4) is 0 Å². The number of aliphatic carboxylic acids is 1. The van der Waals surface area contributed by atoms with Gasteiger partial charge in [-0.25, -0.2) is 13.6 Å². The van der Waals surface area contributed by atoms with Gasteiger partial charge in [-0.3, -0.25) is 4.79 Å². The third-order valence-corrected chi connectivity index (χ3v) is 5.56. The summed E-state index contributed by atoms with van der Waals surface area (Å²) in [5, 5.41) is 11.4. The molecular formula is C22H25F2NO4S. The quantitative estimate of drug-likeness (QED) is 0.491. The van der Waals surface area contributed by atoms with Crippen LogP contribution in [0, 0.1) is 17.6 Å². The molecule has 2 aromatic rings. The van der Waals surface area contributed by atoms with E-state index in [0.717, 1.165) is 18.6 Å². The van der Waals surface area contributed by atoms with Crippen molar-refractivity contribution in [3.8, 4) is 5.75 Å². The number of carboxylic acid groups (broad SMARTS) is 1. The zero-order valence-corrected chi connectivity index (χ0v) is 17.7. The Hall–Kier alpha value is -2.61. The molecule has 0 saturated carbocycles. The Labute approximate surface area is 179 Å². The predicted octanol–water partition coefficient (Wildman–Crippen LogP) is 4.00. The van der Waals surface area contributed by atoms with Gasteiger partial charge in [-0.05, 0) is 41.3 Å². The molecule has 0 aliphatic heterocycles. The van der Waals surface area contributed by atoms with Crippen molar-refractivity contribution >= 4 is 24.5 Å². The number of carbonyl (C=O) groups excluding carboxylic acids is 1. The summed E-state index contributed by atoms with van der Waals surface area (Å²) in [4.78, 5) is 23.8. The second-order valence-corrected chi connectivity index (χ2v) is 7.67. The summed E-state index contributed by atoms with van der Waals surface area (Å²) >= 11 is 4.28. The van der Waals surface area contributed by atoms with Gasteiger partial charge in [0, 0.05) is 6.42 Å². The first kappa shape index (κ1) is 23.7. The lowest BCUT2D eigenvalue weighted by atomic mass is 10.0. The van der Waals surface area contributed by atoms with Crippen molar-refractivity contribution in [1.82, 2.24) is 5.32 Å². The molecule has 0 unspecified atom stereocenters. The third-order valence-electron chi connectivity index (χ3n) is 4.82. The molecule has 30 heavy (non-hydrogen) atoms. The van der Waals surface area contributed by atoms with Gasteiger partial charge < -0.3 is 15.2 Å². The Morgan fingerprint density at radius 3 is 2.30 bits per heavy atom. The van der Waals surface area contributed by atoms with Crippen LogP contribution in [0.1, 0.15) is 31.4 Å². The lowest BCUT2D eigenvalue weighted by molar-refractivity contribution is -0.141. The Bertz CT molecular complexity index is 876. The molecule has 0 fully saturated rings. The minimum Gasteiger partial charge on any atom is -0.489 e. The fourth-order valence-corrected chi connectivity index (χ4v) is 2.98. The number of hydrogen-bond acceptors (Lipinski definition) is 4.